The number of para-hydroxylation sites is 1. The number of benzene rings is 2. The van der Waals surface area contributed by atoms with Crippen molar-refractivity contribution >= 4 is 59.5 Å². The molecule has 1 amide bonds. The van der Waals surface area contributed by atoms with E-state index < -0.39 is 9.52 Å². The number of hydrogen-bond donors (Lipinski definition) is 4. The van der Waals surface area contributed by atoms with E-state index in [2.05, 4.69) is 35.5 Å². The summed E-state index contributed by atoms with van der Waals surface area (Å²) in [4.78, 5) is 24.7. The van der Waals surface area contributed by atoms with Crippen LogP contribution >= 0.6 is 37.0 Å². The van der Waals surface area contributed by atoms with Crippen molar-refractivity contribution in [3.05, 3.63) is 59.9 Å². The first kappa shape index (κ1) is 24.3. The van der Waals surface area contributed by atoms with Crippen LogP contribution in [0.3, 0.4) is 0 Å². The molecule has 2 aromatic carbocycles. The van der Waals surface area contributed by atoms with Crippen LogP contribution in [0, 0.1) is 0 Å². The number of hydrogen-bond acceptors (Lipinski definition) is 9. The summed E-state index contributed by atoms with van der Waals surface area (Å²) in [5, 5.41) is 14.2. The van der Waals surface area contributed by atoms with Crippen LogP contribution < -0.4 is 5.32 Å². The lowest BCUT2D eigenvalue weighted by atomic mass is 10.2. The number of anilines is 1. The van der Waals surface area contributed by atoms with Crippen LogP contribution in [0.4, 0.5) is 5.69 Å². The number of rotatable bonds is 7. The van der Waals surface area contributed by atoms with Gasteiger partial charge in [-0.1, -0.05) is 42.1 Å². The number of thiol groups is 2. The van der Waals surface area contributed by atoms with Gasteiger partial charge in [-0.15, -0.1) is 25.3 Å². The molecule has 2 heterocycles. The predicted molar refractivity (Wildman–Crippen MR) is 138 cm³/mol. The fourth-order valence-corrected chi connectivity index (χ4v) is 4.72. The number of thioether (sulfide) groups is 1. The Bertz CT molecular complexity index is 1130. The van der Waals surface area contributed by atoms with Crippen LogP contribution in [0.1, 0.15) is 18.3 Å². The number of nitrogens with one attached hydrogen (secondary N) is 1. The van der Waals surface area contributed by atoms with Crippen molar-refractivity contribution in [2.45, 2.75) is 28.0 Å². The summed E-state index contributed by atoms with van der Waals surface area (Å²) >= 11 is 9.52. The van der Waals surface area contributed by atoms with Crippen LogP contribution in [-0.4, -0.2) is 57.4 Å². The van der Waals surface area contributed by atoms with E-state index in [0.717, 1.165) is 34.8 Å². The van der Waals surface area contributed by atoms with E-state index in [1.807, 2.05) is 31.2 Å². The summed E-state index contributed by atoms with van der Waals surface area (Å²) in [7, 11) is 0. The molecule has 1 atom stereocenters. The second-order valence-corrected chi connectivity index (χ2v) is 10.8. The lowest BCUT2D eigenvalue weighted by Gasteiger charge is -2.26. The quantitative estimate of drug-likeness (QED) is 0.170. The number of aromatic nitrogens is 2. The average molecular weight is 503 g/mol. The van der Waals surface area contributed by atoms with Gasteiger partial charge in [0.1, 0.15) is 10.9 Å². The predicted octanol–water partition coefficient (Wildman–Crippen LogP) is 3.54. The van der Waals surface area contributed by atoms with Gasteiger partial charge in [-0.3, -0.25) is 9.69 Å². The molecule has 3 aromatic rings. The van der Waals surface area contributed by atoms with E-state index in [1.54, 1.807) is 24.3 Å². The normalized spacial score (nSPS) is 16.0. The van der Waals surface area contributed by atoms with Gasteiger partial charge >= 0.3 is 0 Å². The number of carbonyl (C=O) groups is 1. The molecule has 1 aliphatic heterocycles. The molecular weight excluding hydrogens is 476 g/mol. The number of carbonyl (C=O) groups excluding carboxylic acids is 1. The Balaban J connectivity index is 1.51. The van der Waals surface area contributed by atoms with Crippen molar-refractivity contribution in [1.29, 1.82) is 0 Å². The summed E-state index contributed by atoms with van der Waals surface area (Å²) < 4.78 is 3.85. The summed E-state index contributed by atoms with van der Waals surface area (Å²) in [5.74, 6) is 0.566. The maximum absolute atomic E-state index is 12.9. The van der Waals surface area contributed by atoms with E-state index in [4.69, 9.17) is 14.7 Å². The Labute approximate surface area is 208 Å². The fraction of sp³-hybridized carbons (Fsp3) is 0.348. The smallest absolute Gasteiger partial charge is 0.237 e. The van der Waals surface area contributed by atoms with E-state index >= 15 is 0 Å². The number of ether oxygens (including phenoxy) is 1. The number of aliphatic hydroxyl groups is 1. The molecule has 0 radical (unpaired) electrons. The Morgan fingerprint density at radius 1 is 1.21 bits per heavy atom. The molecule has 0 bridgehead atoms. The van der Waals surface area contributed by atoms with Crippen LogP contribution in [0.25, 0.3) is 10.9 Å². The van der Waals surface area contributed by atoms with Crippen LogP contribution in [-0.2, 0) is 20.3 Å². The van der Waals surface area contributed by atoms with E-state index in [9.17, 15) is 9.90 Å². The van der Waals surface area contributed by atoms with Crippen molar-refractivity contribution in [1.82, 2.24) is 14.9 Å². The Morgan fingerprint density at radius 2 is 1.97 bits per heavy atom. The molecule has 1 unspecified atom stereocenters. The molecule has 2 N–H and O–H groups in total. The zero-order chi connectivity index (χ0) is 23.4. The van der Waals surface area contributed by atoms with Crippen molar-refractivity contribution < 1.29 is 14.6 Å². The third-order valence-electron chi connectivity index (χ3n) is 5.26. The Kier molecular flexibility index (Phi) is 7.83. The zero-order valence-electron chi connectivity index (χ0n) is 18.1. The molecule has 10 heteroatoms. The first-order valence-corrected chi connectivity index (χ1v) is 12.4. The fourth-order valence-electron chi connectivity index (χ4n) is 3.48. The SMILES string of the molecule is CC(Sc1nc(CN2CCOCC2)nc2ccccc12)C(=O)Nc1cccc(C(O)(S)S)c1. The molecule has 1 saturated heterocycles. The molecule has 1 aliphatic rings. The van der Waals surface area contributed by atoms with Gasteiger partial charge in [0, 0.05) is 29.7 Å². The van der Waals surface area contributed by atoms with Crippen molar-refractivity contribution in [3.63, 3.8) is 0 Å². The van der Waals surface area contributed by atoms with Gasteiger partial charge in [-0.2, -0.15) is 0 Å². The van der Waals surface area contributed by atoms with Crippen LogP contribution in [0.5, 0.6) is 0 Å². The maximum atomic E-state index is 12.9. The number of morpholine rings is 1. The van der Waals surface area contributed by atoms with Gasteiger partial charge in [0.2, 0.25) is 5.91 Å². The third kappa shape index (κ3) is 6.40. The molecule has 4 rings (SSSR count). The number of fused-ring (bicyclic) bond motifs is 1. The molecule has 33 heavy (non-hydrogen) atoms. The maximum Gasteiger partial charge on any atom is 0.237 e. The van der Waals surface area contributed by atoms with Gasteiger partial charge in [0.15, 0.2) is 4.27 Å². The van der Waals surface area contributed by atoms with E-state index in [-0.39, 0.29) is 5.91 Å². The van der Waals surface area contributed by atoms with E-state index in [1.165, 1.54) is 11.8 Å². The number of nitrogens with zero attached hydrogens (tertiary/aromatic N) is 3. The second kappa shape index (κ2) is 10.6. The van der Waals surface area contributed by atoms with Gasteiger partial charge in [-0.05, 0) is 25.1 Å². The lowest BCUT2D eigenvalue weighted by molar-refractivity contribution is -0.115. The van der Waals surface area contributed by atoms with Gasteiger partial charge in [-0.25, -0.2) is 9.97 Å². The topological polar surface area (TPSA) is 87.6 Å². The molecule has 7 nitrogen and oxygen atoms in total. The summed E-state index contributed by atoms with van der Waals surface area (Å²) in [6, 6.07) is 14.7. The monoisotopic (exact) mass is 502 g/mol. The van der Waals surface area contributed by atoms with Crippen molar-refractivity contribution in [2.24, 2.45) is 0 Å². The number of amides is 1. The summed E-state index contributed by atoms with van der Waals surface area (Å²) in [6.07, 6.45) is 0. The zero-order valence-corrected chi connectivity index (χ0v) is 20.7. The van der Waals surface area contributed by atoms with Gasteiger partial charge < -0.3 is 15.2 Å². The highest BCUT2D eigenvalue weighted by Gasteiger charge is 2.22. The van der Waals surface area contributed by atoms with Crippen molar-refractivity contribution in [3.8, 4) is 0 Å². The minimum atomic E-state index is -1.59. The first-order chi connectivity index (χ1) is 15.8. The molecular formula is C23H26N4O3S3. The first-order valence-electron chi connectivity index (χ1n) is 10.6. The molecule has 0 saturated carbocycles. The van der Waals surface area contributed by atoms with Crippen molar-refractivity contribution in [2.75, 3.05) is 31.6 Å². The van der Waals surface area contributed by atoms with E-state index in [0.29, 0.717) is 31.0 Å². The molecule has 1 fully saturated rings. The minimum absolute atomic E-state index is 0.170. The molecule has 1 aromatic heterocycles. The second-order valence-electron chi connectivity index (χ2n) is 7.82. The lowest BCUT2D eigenvalue weighted by Crippen LogP contribution is -2.36. The average Bonchev–Trinajstić information content (AvgIpc) is 2.79. The third-order valence-corrected chi connectivity index (χ3v) is 6.88. The van der Waals surface area contributed by atoms with Crippen LogP contribution in [0.2, 0.25) is 0 Å². The highest BCUT2D eigenvalue weighted by Crippen LogP contribution is 2.32. The molecule has 0 aliphatic carbocycles. The molecule has 174 valence electrons. The Hall–Kier alpha value is -1.82. The summed E-state index contributed by atoms with van der Waals surface area (Å²) in [6.45, 7) is 5.62. The van der Waals surface area contributed by atoms with Gasteiger partial charge in [0.25, 0.3) is 0 Å². The largest absolute Gasteiger partial charge is 0.379 e. The molecule has 0 spiro atoms. The highest BCUT2D eigenvalue weighted by atomic mass is 32.2. The summed E-state index contributed by atoms with van der Waals surface area (Å²) in [5.41, 5.74) is 1.90. The standard InChI is InChI=1S/C23H26N4O3S3/c1-15(21(28)24-17-6-4-5-16(13-17)23(29,31)32)33-22-18-7-2-3-8-19(18)25-20(26-22)14-27-9-11-30-12-10-27/h2-8,13,15,29,31-32H,9-12,14H2,1H3,(H,24,28). The van der Waals surface area contributed by atoms with Crippen LogP contribution in [0.15, 0.2) is 53.6 Å². The highest BCUT2D eigenvalue weighted by molar-refractivity contribution is 8.00. The van der Waals surface area contributed by atoms with Gasteiger partial charge in [0.05, 0.1) is 30.5 Å². The minimum Gasteiger partial charge on any atom is -0.379 e. The Morgan fingerprint density at radius 3 is 2.73 bits per heavy atom.